The molecule has 0 saturated heterocycles. The summed E-state index contributed by atoms with van der Waals surface area (Å²) in [5.74, 6) is 0. The minimum Gasteiger partial charge on any atom is -0.275 e. The lowest BCUT2D eigenvalue weighted by atomic mass is 9.93. The zero-order valence-electron chi connectivity index (χ0n) is 32.2. The Balaban J connectivity index is 0.961. The maximum Gasteiger partial charge on any atom is 0.263 e. The van der Waals surface area contributed by atoms with Gasteiger partial charge in [0, 0.05) is 21.5 Å². The number of aromatic nitrogens is 1. The molecule has 0 bridgehead atoms. The summed E-state index contributed by atoms with van der Waals surface area (Å²) in [6, 6.07) is 68.5. The predicted octanol–water partition coefficient (Wildman–Crippen LogP) is 14.0. The Morgan fingerprint density at radius 2 is 0.797 bits per heavy atom. The number of nitrogens with zero attached hydrogens (tertiary/aromatic N) is 1. The minimum absolute atomic E-state index is 0.0227. The van der Waals surface area contributed by atoms with Crippen LogP contribution in [-0.4, -0.2) is 4.40 Å². The number of rotatable bonds is 4. The Hall–Kier alpha value is -7.55. The molecule has 0 saturated carbocycles. The van der Waals surface area contributed by atoms with Crippen molar-refractivity contribution in [2.75, 3.05) is 0 Å². The Labute approximate surface area is 341 Å². The van der Waals surface area contributed by atoms with Crippen LogP contribution in [0.25, 0.3) is 105 Å². The fourth-order valence-electron chi connectivity index (χ4n) is 10.3. The molecule has 0 atom stereocenters. The summed E-state index contributed by atoms with van der Waals surface area (Å²) in [6.07, 6.45) is 1.96. The SMILES string of the molecule is O=c1c2ccccc2c2cc(-c3cccc(-c4ccc5c(c4)-c4ccccc4C5)c3)cc3c4cc(-c5cccc(-c6ccc7c(c6)Cc6ccccc6-7)c5)ccc4n1c23. The van der Waals surface area contributed by atoms with Gasteiger partial charge in [-0.25, -0.2) is 0 Å². The van der Waals surface area contributed by atoms with E-state index >= 15 is 0 Å². The molecule has 11 aromatic rings. The third kappa shape index (κ3) is 4.84. The number of hydrogen-bond acceptors (Lipinski definition) is 1. The van der Waals surface area contributed by atoms with Crippen molar-refractivity contribution in [3.8, 4) is 66.8 Å². The highest BCUT2D eigenvalue weighted by Crippen LogP contribution is 2.43. The van der Waals surface area contributed by atoms with E-state index < -0.39 is 0 Å². The van der Waals surface area contributed by atoms with Crippen LogP contribution in [0.5, 0.6) is 0 Å². The third-order valence-corrected chi connectivity index (χ3v) is 13.2. The van der Waals surface area contributed by atoms with Crippen LogP contribution < -0.4 is 5.56 Å². The van der Waals surface area contributed by atoms with Crippen LogP contribution in [0.15, 0.2) is 193 Å². The van der Waals surface area contributed by atoms with Crippen LogP contribution in [0.4, 0.5) is 0 Å². The first-order valence-corrected chi connectivity index (χ1v) is 20.5. The second kappa shape index (κ2) is 12.2. The van der Waals surface area contributed by atoms with Gasteiger partial charge in [0.2, 0.25) is 0 Å². The molecule has 2 aliphatic rings. The Kier molecular flexibility index (Phi) is 6.74. The van der Waals surface area contributed by atoms with E-state index in [9.17, 15) is 4.79 Å². The number of fused-ring (bicyclic) bond motifs is 11. The van der Waals surface area contributed by atoms with Gasteiger partial charge in [-0.15, -0.1) is 0 Å². The Bertz CT molecular complexity index is 3640. The van der Waals surface area contributed by atoms with Gasteiger partial charge in [-0.1, -0.05) is 140 Å². The molecule has 9 aromatic carbocycles. The van der Waals surface area contributed by atoms with Gasteiger partial charge in [-0.05, 0) is 156 Å². The molecule has 2 aromatic heterocycles. The molecule has 2 nitrogen and oxygen atoms in total. The Morgan fingerprint density at radius 3 is 1.54 bits per heavy atom. The molecule has 59 heavy (non-hydrogen) atoms. The topological polar surface area (TPSA) is 21.5 Å². The first-order valence-electron chi connectivity index (χ1n) is 20.5. The number of benzene rings is 9. The highest BCUT2D eigenvalue weighted by Gasteiger charge is 2.22. The van der Waals surface area contributed by atoms with E-state index in [4.69, 9.17) is 0 Å². The lowest BCUT2D eigenvalue weighted by Crippen LogP contribution is -2.12. The highest BCUT2D eigenvalue weighted by atomic mass is 16.1. The molecule has 13 rings (SSSR count). The first-order chi connectivity index (χ1) is 29.1. The van der Waals surface area contributed by atoms with Gasteiger partial charge in [-0.2, -0.15) is 0 Å². The summed E-state index contributed by atoms with van der Waals surface area (Å²) < 4.78 is 1.95. The van der Waals surface area contributed by atoms with Crippen molar-refractivity contribution in [3.63, 3.8) is 0 Å². The van der Waals surface area contributed by atoms with Gasteiger partial charge in [0.15, 0.2) is 0 Å². The minimum atomic E-state index is 0.0227. The molecule has 0 aliphatic heterocycles. The van der Waals surface area contributed by atoms with E-state index in [1.54, 1.807) is 0 Å². The average Bonchev–Trinajstić information content (AvgIpc) is 3.97. The molecule has 0 N–H and O–H groups in total. The monoisotopic (exact) mass is 749 g/mol. The van der Waals surface area contributed by atoms with Crippen molar-refractivity contribution in [1.29, 1.82) is 0 Å². The van der Waals surface area contributed by atoms with E-state index in [2.05, 4.69) is 170 Å². The third-order valence-electron chi connectivity index (χ3n) is 13.2. The molecule has 2 heteroatoms. The van der Waals surface area contributed by atoms with Crippen molar-refractivity contribution >= 4 is 38.0 Å². The normalized spacial score (nSPS) is 12.7. The Morgan fingerprint density at radius 1 is 0.305 bits per heavy atom. The van der Waals surface area contributed by atoms with Crippen LogP contribution in [0.2, 0.25) is 0 Å². The second-order valence-corrected chi connectivity index (χ2v) is 16.4. The van der Waals surface area contributed by atoms with Crippen molar-refractivity contribution in [2.24, 2.45) is 0 Å². The van der Waals surface area contributed by atoms with Crippen LogP contribution in [-0.2, 0) is 12.8 Å². The van der Waals surface area contributed by atoms with Crippen molar-refractivity contribution in [3.05, 3.63) is 221 Å². The molecule has 274 valence electrons. The first kappa shape index (κ1) is 32.5. The number of pyridine rings is 1. The summed E-state index contributed by atoms with van der Waals surface area (Å²) in [6.45, 7) is 0. The zero-order chi connectivity index (χ0) is 38.8. The quantitative estimate of drug-likeness (QED) is 0.164. The molecular weight excluding hydrogens is 715 g/mol. The van der Waals surface area contributed by atoms with E-state index in [1.807, 2.05) is 22.6 Å². The number of hydrogen-bond donors (Lipinski definition) is 0. The summed E-state index contributed by atoms with van der Waals surface area (Å²) in [5.41, 5.74) is 22.3. The standard InChI is InChI=1S/C57H35NO/c59-57-50-18-6-5-17-49(50)53-32-44(37-14-8-13-36(26-37)39-19-20-43-28-41-9-2-4-16-47(41)51(43)30-39)33-54-52-31-40(22-24-55(52)58(57)56(53)54)35-12-7-11-34(25-35)38-21-23-48-45(27-38)29-42-10-1-3-15-46(42)48/h1-27,30-33H,28-29H2. The summed E-state index contributed by atoms with van der Waals surface area (Å²) in [5, 5.41) is 4.98. The lowest BCUT2D eigenvalue weighted by Gasteiger charge is -2.11. The van der Waals surface area contributed by atoms with Crippen molar-refractivity contribution < 1.29 is 0 Å². The van der Waals surface area contributed by atoms with Gasteiger partial charge in [0.1, 0.15) is 0 Å². The molecule has 2 heterocycles. The molecule has 0 fully saturated rings. The highest BCUT2D eigenvalue weighted by molar-refractivity contribution is 6.22. The molecule has 0 amide bonds. The largest absolute Gasteiger partial charge is 0.275 e. The van der Waals surface area contributed by atoms with Crippen molar-refractivity contribution in [1.82, 2.24) is 4.40 Å². The van der Waals surface area contributed by atoms with Crippen molar-refractivity contribution in [2.45, 2.75) is 12.8 Å². The predicted molar refractivity (Wildman–Crippen MR) is 246 cm³/mol. The van der Waals surface area contributed by atoms with Crippen LogP contribution in [0, 0.1) is 0 Å². The second-order valence-electron chi connectivity index (χ2n) is 16.4. The molecule has 2 aliphatic carbocycles. The van der Waals surface area contributed by atoms with Gasteiger partial charge in [-0.3, -0.25) is 9.20 Å². The van der Waals surface area contributed by atoms with Crippen LogP contribution in [0.3, 0.4) is 0 Å². The zero-order valence-corrected chi connectivity index (χ0v) is 32.2. The van der Waals surface area contributed by atoms with E-state index in [1.165, 1.54) is 66.8 Å². The maximum atomic E-state index is 14.4. The molecule has 0 spiro atoms. The van der Waals surface area contributed by atoms with E-state index in [0.717, 1.165) is 73.1 Å². The van der Waals surface area contributed by atoms with E-state index in [0.29, 0.717) is 0 Å². The summed E-state index contributed by atoms with van der Waals surface area (Å²) in [7, 11) is 0. The average molecular weight is 750 g/mol. The van der Waals surface area contributed by atoms with Crippen LogP contribution in [0.1, 0.15) is 22.3 Å². The van der Waals surface area contributed by atoms with Gasteiger partial charge in [0.25, 0.3) is 5.56 Å². The molecule has 0 unspecified atom stereocenters. The molecular formula is C57H35NO. The maximum absolute atomic E-state index is 14.4. The lowest BCUT2D eigenvalue weighted by molar-refractivity contribution is 1.21. The summed E-state index contributed by atoms with van der Waals surface area (Å²) >= 11 is 0. The summed E-state index contributed by atoms with van der Waals surface area (Å²) in [4.78, 5) is 14.4. The fraction of sp³-hybridized carbons (Fsp3) is 0.0351. The van der Waals surface area contributed by atoms with Gasteiger partial charge in [0.05, 0.1) is 11.0 Å². The fourth-order valence-corrected chi connectivity index (χ4v) is 10.3. The molecule has 0 radical (unpaired) electrons. The van der Waals surface area contributed by atoms with Gasteiger partial charge >= 0.3 is 0 Å². The smallest absolute Gasteiger partial charge is 0.263 e. The van der Waals surface area contributed by atoms with E-state index in [-0.39, 0.29) is 5.56 Å². The van der Waals surface area contributed by atoms with Crippen LogP contribution >= 0.6 is 0 Å². The van der Waals surface area contributed by atoms with Gasteiger partial charge < -0.3 is 0 Å².